The Morgan fingerprint density at radius 1 is 1.43 bits per heavy atom. The van der Waals surface area contributed by atoms with Crippen LogP contribution >= 0.6 is 11.8 Å². The molecule has 8 heteroatoms. The minimum absolute atomic E-state index is 0.0498. The topological polar surface area (TPSA) is 73.1 Å². The van der Waals surface area contributed by atoms with Crippen molar-refractivity contribution in [3.63, 3.8) is 0 Å². The smallest absolute Gasteiger partial charge is 0.237 e. The molecule has 1 fully saturated rings. The second-order valence-electron chi connectivity index (χ2n) is 5.79. The van der Waals surface area contributed by atoms with E-state index in [1.165, 1.54) is 11.8 Å². The van der Waals surface area contributed by atoms with Crippen molar-refractivity contribution in [3.05, 3.63) is 23.8 Å². The standard InChI is InChI=1S/C15H17N5O2S/c1-10-2-5-12-13(8-10)22-7-6-19(12)14(21)9-23-15-16-17-18-20(15)11-3-4-11/h2,5,8,11H,3-4,6-7,9H2,1H3. The van der Waals surface area contributed by atoms with E-state index in [4.69, 9.17) is 4.74 Å². The van der Waals surface area contributed by atoms with E-state index in [0.29, 0.717) is 24.9 Å². The summed E-state index contributed by atoms with van der Waals surface area (Å²) in [7, 11) is 0. The molecular weight excluding hydrogens is 314 g/mol. The maximum absolute atomic E-state index is 12.6. The lowest BCUT2D eigenvalue weighted by atomic mass is 10.1. The van der Waals surface area contributed by atoms with Gasteiger partial charge in [0.25, 0.3) is 0 Å². The summed E-state index contributed by atoms with van der Waals surface area (Å²) in [6, 6.07) is 6.32. The minimum Gasteiger partial charge on any atom is -0.490 e. The van der Waals surface area contributed by atoms with Crippen LogP contribution in [0.1, 0.15) is 24.4 Å². The van der Waals surface area contributed by atoms with Crippen LogP contribution in [0.15, 0.2) is 23.4 Å². The zero-order valence-corrected chi connectivity index (χ0v) is 13.6. The normalized spacial score (nSPS) is 16.8. The van der Waals surface area contributed by atoms with Gasteiger partial charge in [-0.15, -0.1) is 5.10 Å². The fourth-order valence-electron chi connectivity index (χ4n) is 2.62. The quantitative estimate of drug-likeness (QED) is 0.796. The highest BCUT2D eigenvalue weighted by molar-refractivity contribution is 7.99. The molecule has 0 unspecified atom stereocenters. The van der Waals surface area contributed by atoms with E-state index in [2.05, 4.69) is 15.5 Å². The van der Waals surface area contributed by atoms with Crippen molar-refractivity contribution in [2.45, 2.75) is 31.0 Å². The zero-order chi connectivity index (χ0) is 15.8. The number of amides is 1. The Balaban J connectivity index is 1.46. The highest BCUT2D eigenvalue weighted by Gasteiger charge is 2.29. The number of carbonyl (C=O) groups excluding carboxylic acids is 1. The van der Waals surface area contributed by atoms with Gasteiger partial charge in [0.05, 0.1) is 24.0 Å². The van der Waals surface area contributed by atoms with Gasteiger partial charge in [-0.1, -0.05) is 17.8 Å². The second-order valence-corrected chi connectivity index (χ2v) is 6.73. The van der Waals surface area contributed by atoms with Crippen molar-refractivity contribution in [1.82, 2.24) is 20.2 Å². The molecular formula is C15H17N5O2S. The summed E-state index contributed by atoms with van der Waals surface area (Å²) in [5.74, 6) is 1.15. The van der Waals surface area contributed by atoms with Crippen molar-refractivity contribution in [2.24, 2.45) is 0 Å². The molecule has 23 heavy (non-hydrogen) atoms. The van der Waals surface area contributed by atoms with Crippen molar-refractivity contribution >= 4 is 23.4 Å². The average Bonchev–Trinajstić information content (AvgIpc) is 3.30. The van der Waals surface area contributed by atoms with Crippen LogP contribution < -0.4 is 9.64 Å². The molecule has 1 aliphatic heterocycles. The molecule has 0 bridgehead atoms. The summed E-state index contributed by atoms with van der Waals surface area (Å²) in [6.07, 6.45) is 2.23. The first-order valence-electron chi connectivity index (χ1n) is 7.67. The predicted molar refractivity (Wildman–Crippen MR) is 85.8 cm³/mol. The Bertz CT molecular complexity index is 743. The van der Waals surface area contributed by atoms with E-state index >= 15 is 0 Å². The molecule has 0 spiro atoms. The summed E-state index contributed by atoms with van der Waals surface area (Å²) in [4.78, 5) is 14.4. The molecule has 7 nitrogen and oxygen atoms in total. The third kappa shape index (κ3) is 2.90. The van der Waals surface area contributed by atoms with Crippen LogP contribution in [0.2, 0.25) is 0 Å². The summed E-state index contributed by atoms with van der Waals surface area (Å²) in [6.45, 7) is 3.10. The first-order valence-corrected chi connectivity index (χ1v) is 8.65. The molecule has 0 atom stereocenters. The van der Waals surface area contributed by atoms with Crippen LogP contribution in [0.3, 0.4) is 0 Å². The Hall–Kier alpha value is -2.09. The number of nitrogens with zero attached hydrogens (tertiary/aromatic N) is 5. The number of thioether (sulfide) groups is 1. The van der Waals surface area contributed by atoms with Gasteiger partial charge in [0.2, 0.25) is 11.1 Å². The van der Waals surface area contributed by atoms with E-state index in [1.54, 1.807) is 4.90 Å². The van der Waals surface area contributed by atoms with E-state index in [1.807, 2.05) is 29.8 Å². The van der Waals surface area contributed by atoms with Crippen LogP contribution in [-0.2, 0) is 4.79 Å². The number of fused-ring (bicyclic) bond motifs is 1. The first kappa shape index (κ1) is 14.5. The molecule has 2 aromatic rings. The summed E-state index contributed by atoms with van der Waals surface area (Å²) >= 11 is 1.40. The fourth-order valence-corrected chi connectivity index (χ4v) is 3.44. The third-order valence-electron chi connectivity index (χ3n) is 3.96. The van der Waals surface area contributed by atoms with E-state index < -0.39 is 0 Å². The maximum Gasteiger partial charge on any atom is 0.237 e. The van der Waals surface area contributed by atoms with Crippen molar-refractivity contribution in [2.75, 3.05) is 23.8 Å². The average molecular weight is 331 g/mol. The Morgan fingerprint density at radius 2 is 2.30 bits per heavy atom. The minimum atomic E-state index is 0.0498. The molecule has 2 aliphatic rings. The zero-order valence-electron chi connectivity index (χ0n) is 12.8. The van der Waals surface area contributed by atoms with Gasteiger partial charge in [-0.3, -0.25) is 4.79 Å². The summed E-state index contributed by atoms with van der Waals surface area (Å²) in [5.41, 5.74) is 1.96. The van der Waals surface area contributed by atoms with Gasteiger partial charge in [0.15, 0.2) is 0 Å². The van der Waals surface area contributed by atoms with Crippen LogP contribution in [0.25, 0.3) is 0 Å². The number of aromatic nitrogens is 4. The van der Waals surface area contributed by atoms with Gasteiger partial charge in [-0.05, 0) is 47.9 Å². The van der Waals surface area contributed by atoms with Gasteiger partial charge >= 0.3 is 0 Å². The molecule has 1 aromatic carbocycles. The number of hydrogen-bond donors (Lipinski definition) is 0. The number of aryl methyl sites for hydroxylation is 1. The third-order valence-corrected chi connectivity index (χ3v) is 4.88. The van der Waals surface area contributed by atoms with Gasteiger partial charge < -0.3 is 9.64 Å². The van der Waals surface area contributed by atoms with E-state index in [0.717, 1.165) is 35.0 Å². The molecule has 120 valence electrons. The first-order chi connectivity index (χ1) is 11.2. The number of tetrazole rings is 1. The van der Waals surface area contributed by atoms with Crippen LogP contribution in [-0.4, -0.2) is 45.0 Å². The van der Waals surface area contributed by atoms with Gasteiger partial charge in [0.1, 0.15) is 12.4 Å². The lowest BCUT2D eigenvalue weighted by molar-refractivity contribution is -0.116. The number of ether oxygens (including phenoxy) is 1. The van der Waals surface area contributed by atoms with Crippen molar-refractivity contribution < 1.29 is 9.53 Å². The number of benzene rings is 1. The number of rotatable bonds is 4. The van der Waals surface area contributed by atoms with Crippen LogP contribution in [0.5, 0.6) is 5.75 Å². The van der Waals surface area contributed by atoms with Crippen molar-refractivity contribution in [1.29, 1.82) is 0 Å². The Morgan fingerprint density at radius 3 is 3.13 bits per heavy atom. The van der Waals surface area contributed by atoms with Gasteiger partial charge in [-0.2, -0.15) is 0 Å². The SMILES string of the molecule is Cc1ccc2c(c1)OCCN2C(=O)CSc1nnnn1C1CC1. The Kier molecular flexibility index (Phi) is 3.68. The maximum atomic E-state index is 12.6. The molecule has 0 N–H and O–H groups in total. The fraction of sp³-hybridized carbons (Fsp3) is 0.467. The molecule has 0 saturated heterocycles. The van der Waals surface area contributed by atoms with E-state index in [-0.39, 0.29) is 5.91 Å². The summed E-state index contributed by atoms with van der Waals surface area (Å²) in [5, 5.41) is 12.5. The molecule has 1 amide bonds. The number of hydrogen-bond acceptors (Lipinski definition) is 6. The number of anilines is 1. The molecule has 4 rings (SSSR count). The van der Waals surface area contributed by atoms with Gasteiger partial charge in [0, 0.05) is 0 Å². The second kappa shape index (κ2) is 5.84. The Labute approximate surface area is 138 Å². The summed E-state index contributed by atoms with van der Waals surface area (Å²) < 4.78 is 7.48. The highest BCUT2D eigenvalue weighted by Crippen LogP contribution is 2.37. The molecule has 1 saturated carbocycles. The lowest BCUT2D eigenvalue weighted by Gasteiger charge is -2.29. The van der Waals surface area contributed by atoms with E-state index in [9.17, 15) is 4.79 Å². The molecule has 2 heterocycles. The van der Waals surface area contributed by atoms with Crippen LogP contribution in [0, 0.1) is 6.92 Å². The largest absolute Gasteiger partial charge is 0.490 e. The monoisotopic (exact) mass is 331 g/mol. The highest BCUT2D eigenvalue weighted by atomic mass is 32.2. The lowest BCUT2D eigenvalue weighted by Crippen LogP contribution is -2.39. The molecule has 1 aromatic heterocycles. The van der Waals surface area contributed by atoms with Crippen LogP contribution in [0.4, 0.5) is 5.69 Å². The molecule has 1 aliphatic carbocycles. The molecule has 0 radical (unpaired) electrons. The predicted octanol–water partition coefficient (Wildman–Crippen LogP) is 1.83. The van der Waals surface area contributed by atoms with Crippen molar-refractivity contribution in [3.8, 4) is 5.75 Å². The number of carbonyl (C=O) groups is 1. The van der Waals surface area contributed by atoms with Gasteiger partial charge in [-0.25, -0.2) is 4.68 Å².